The van der Waals surface area contributed by atoms with E-state index in [-0.39, 0.29) is 17.7 Å². The van der Waals surface area contributed by atoms with Gasteiger partial charge in [0, 0.05) is 41.0 Å². The fourth-order valence-electron chi connectivity index (χ4n) is 1.99. The average Bonchev–Trinajstić information content (AvgIpc) is 2.38. The van der Waals surface area contributed by atoms with Crippen LogP contribution in [-0.2, 0) is 10.8 Å². The predicted octanol–water partition coefficient (Wildman–Crippen LogP) is 2.11. The minimum Gasteiger partial charge on any atom is -0.368 e. The summed E-state index contributed by atoms with van der Waals surface area (Å²) in [5.41, 5.74) is 0. The number of pyridine rings is 1. The molecular formula is C12H17F2N3OS. The summed E-state index contributed by atoms with van der Waals surface area (Å²) in [4.78, 5) is 3.93. The van der Waals surface area contributed by atoms with Crippen LogP contribution in [0.5, 0.6) is 0 Å². The van der Waals surface area contributed by atoms with Crippen molar-refractivity contribution in [3.05, 3.63) is 17.7 Å². The molecule has 1 fully saturated rings. The Balaban J connectivity index is 2.10. The van der Waals surface area contributed by atoms with Gasteiger partial charge < -0.3 is 10.6 Å². The molecule has 1 aliphatic heterocycles. The summed E-state index contributed by atoms with van der Waals surface area (Å²) in [6, 6.07) is 0.869. The van der Waals surface area contributed by atoms with E-state index in [4.69, 9.17) is 0 Å². The number of aromatic nitrogens is 1. The monoisotopic (exact) mass is 289 g/mol. The summed E-state index contributed by atoms with van der Waals surface area (Å²) in [5.74, 6) is -0.0810. The van der Waals surface area contributed by atoms with Gasteiger partial charge in [0.25, 0.3) is 0 Å². The van der Waals surface area contributed by atoms with Crippen LogP contribution in [-0.4, -0.2) is 33.3 Å². The Morgan fingerprint density at radius 3 is 2.58 bits per heavy atom. The van der Waals surface area contributed by atoms with Gasteiger partial charge in [0.2, 0.25) is 0 Å². The van der Waals surface area contributed by atoms with Crippen LogP contribution in [0.1, 0.15) is 19.8 Å². The molecule has 1 aromatic heterocycles. The zero-order valence-corrected chi connectivity index (χ0v) is 11.5. The Morgan fingerprint density at radius 1 is 1.32 bits per heavy atom. The molecule has 0 aliphatic carbocycles. The number of rotatable bonds is 4. The van der Waals surface area contributed by atoms with Crippen LogP contribution in [0, 0.1) is 11.6 Å². The van der Waals surface area contributed by atoms with Gasteiger partial charge in [-0.15, -0.1) is 0 Å². The second-order valence-electron chi connectivity index (χ2n) is 4.45. The second kappa shape index (κ2) is 6.27. The molecule has 2 N–H and O–H groups in total. The SMILES string of the molecule is CCNc1nc(NC2CCS(=O)CC2)c(F)cc1F. The highest BCUT2D eigenvalue weighted by atomic mass is 32.2. The third-order valence-electron chi connectivity index (χ3n) is 3.00. The number of hydrogen-bond acceptors (Lipinski definition) is 4. The van der Waals surface area contributed by atoms with Gasteiger partial charge >= 0.3 is 0 Å². The molecular weight excluding hydrogens is 272 g/mol. The summed E-state index contributed by atoms with van der Waals surface area (Å²) in [5, 5.41) is 5.71. The van der Waals surface area contributed by atoms with Crippen molar-refractivity contribution in [2.45, 2.75) is 25.8 Å². The average molecular weight is 289 g/mol. The molecule has 106 valence electrons. The molecule has 1 aromatic rings. The first kappa shape index (κ1) is 14.2. The minimum absolute atomic E-state index is 0.0413. The lowest BCUT2D eigenvalue weighted by Crippen LogP contribution is -2.30. The maximum atomic E-state index is 13.6. The topological polar surface area (TPSA) is 54.0 Å². The molecule has 0 amide bonds. The van der Waals surface area contributed by atoms with E-state index in [1.165, 1.54) is 0 Å². The molecule has 7 heteroatoms. The molecule has 19 heavy (non-hydrogen) atoms. The first-order chi connectivity index (χ1) is 9.10. The van der Waals surface area contributed by atoms with Gasteiger partial charge in [-0.25, -0.2) is 13.8 Å². The third-order valence-corrected chi connectivity index (χ3v) is 4.38. The smallest absolute Gasteiger partial charge is 0.168 e. The summed E-state index contributed by atoms with van der Waals surface area (Å²) in [7, 11) is -0.762. The quantitative estimate of drug-likeness (QED) is 0.891. The van der Waals surface area contributed by atoms with Crippen molar-refractivity contribution in [1.29, 1.82) is 0 Å². The Kier molecular flexibility index (Phi) is 4.68. The highest BCUT2D eigenvalue weighted by Crippen LogP contribution is 2.21. The lowest BCUT2D eigenvalue weighted by atomic mass is 10.1. The maximum Gasteiger partial charge on any atom is 0.168 e. The molecule has 1 saturated heterocycles. The molecule has 0 atom stereocenters. The summed E-state index contributed by atoms with van der Waals surface area (Å²) in [6.45, 7) is 2.32. The lowest BCUT2D eigenvalue weighted by Gasteiger charge is -2.23. The molecule has 0 radical (unpaired) electrons. The Hall–Kier alpha value is -1.24. The van der Waals surface area contributed by atoms with E-state index < -0.39 is 22.4 Å². The largest absolute Gasteiger partial charge is 0.368 e. The summed E-state index contributed by atoms with van der Waals surface area (Å²) >= 11 is 0. The van der Waals surface area contributed by atoms with E-state index in [2.05, 4.69) is 15.6 Å². The maximum absolute atomic E-state index is 13.6. The highest BCUT2D eigenvalue weighted by Gasteiger charge is 2.20. The fraction of sp³-hybridized carbons (Fsp3) is 0.583. The highest BCUT2D eigenvalue weighted by molar-refractivity contribution is 7.85. The molecule has 1 aliphatic rings. The van der Waals surface area contributed by atoms with Gasteiger partial charge in [-0.3, -0.25) is 4.21 Å². The van der Waals surface area contributed by atoms with Crippen LogP contribution in [0.4, 0.5) is 20.4 Å². The Morgan fingerprint density at radius 2 is 1.95 bits per heavy atom. The molecule has 0 saturated carbocycles. The van der Waals surface area contributed by atoms with Crippen LogP contribution in [0.3, 0.4) is 0 Å². The van der Waals surface area contributed by atoms with Crippen LogP contribution in [0.2, 0.25) is 0 Å². The standard InChI is InChI=1S/C12H17F2N3OS/c1-2-15-11-9(13)7-10(14)12(17-11)16-8-3-5-19(18)6-4-8/h7-8H,2-6H2,1H3,(H2,15,16,17). The summed E-state index contributed by atoms with van der Waals surface area (Å²) < 4.78 is 38.3. The predicted molar refractivity (Wildman–Crippen MR) is 72.8 cm³/mol. The number of halogens is 2. The van der Waals surface area contributed by atoms with Crippen molar-refractivity contribution in [2.75, 3.05) is 28.7 Å². The van der Waals surface area contributed by atoms with E-state index in [0.717, 1.165) is 6.07 Å². The molecule has 0 aromatic carbocycles. The van der Waals surface area contributed by atoms with Gasteiger partial charge in [-0.2, -0.15) is 0 Å². The van der Waals surface area contributed by atoms with Crippen molar-refractivity contribution in [1.82, 2.24) is 4.98 Å². The van der Waals surface area contributed by atoms with Gasteiger partial charge in [0.1, 0.15) is 0 Å². The number of hydrogen-bond donors (Lipinski definition) is 2. The van der Waals surface area contributed by atoms with E-state index >= 15 is 0 Å². The molecule has 2 rings (SSSR count). The van der Waals surface area contributed by atoms with E-state index in [1.807, 2.05) is 6.92 Å². The Bertz CT molecular complexity index is 474. The number of nitrogens with zero attached hydrogens (tertiary/aromatic N) is 1. The van der Waals surface area contributed by atoms with Crippen LogP contribution >= 0.6 is 0 Å². The normalized spacial score (nSPS) is 23.1. The summed E-state index contributed by atoms with van der Waals surface area (Å²) in [6.07, 6.45) is 1.42. The number of nitrogens with one attached hydrogen (secondary N) is 2. The first-order valence-electron chi connectivity index (χ1n) is 6.31. The van der Waals surface area contributed by atoms with Crippen molar-refractivity contribution in [3.8, 4) is 0 Å². The van der Waals surface area contributed by atoms with Crippen LogP contribution in [0.15, 0.2) is 6.07 Å². The minimum atomic E-state index is -0.762. The lowest BCUT2D eigenvalue weighted by molar-refractivity contribution is 0.569. The zero-order valence-electron chi connectivity index (χ0n) is 10.7. The van der Waals surface area contributed by atoms with Crippen molar-refractivity contribution < 1.29 is 13.0 Å². The van der Waals surface area contributed by atoms with E-state index in [0.29, 0.717) is 30.9 Å². The van der Waals surface area contributed by atoms with Gasteiger partial charge in [-0.05, 0) is 19.8 Å². The van der Waals surface area contributed by atoms with Gasteiger partial charge in [0.05, 0.1) is 0 Å². The molecule has 4 nitrogen and oxygen atoms in total. The van der Waals surface area contributed by atoms with Gasteiger partial charge in [-0.1, -0.05) is 0 Å². The van der Waals surface area contributed by atoms with Crippen LogP contribution in [0.25, 0.3) is 0 Å². The zero-order chi connectivity index (χ0) is 13.8. The van der Waals surface area contributed by atoms with Gasteiger partial charge in [0.15, 0.2) is 23.3 Å². The van der Waals surface area contributed by atoms with Crippen molar-refractivity contribution >= 4 is 22.4 Å². The number of anilines is 2. The van der Waals surface area contributed by atoms with Crippen molar-refractivity contribution in [2.24, 2.45) is 0 Å². The van der Waals surface area contributed by atoms with E-state index in [1.54, 1.807) is 0 Å². The molecule has 2 heterocycles. The Labute approximate surface area is 113 Å². The molecule has 0 bridgehead atoms. The third kappa shape index (κ3) is 3.62. The van der Waals surface area contributed by atoms with Crippen LogP contribution < -0.4 is 10.6 Å². The fourth-order valence-corrected chi connectivity index (χ4v) is 3.29. The second-order valence-corrected chi connectivity index (χ2v) is 6.14. The first-order valence-corrected chi connectivity index (χ1v) is 7.80. The van der Waals surface area contributed by atoms with Crippen molar-refractivity contribution in [3.63, 3.8) is 0 Å². The van der Waals surface area contributed by atoms with E-state index in [9.17, 15) is 13.0 Å². The molecule has 0 unspecified atom stereocenters. The molecule has 0 spiro atoms.